The van der Waals surface area contributed by atoms with E-state index in [0.717, 1.165) is 5.56 Å². The molecular formula is C18H20FN3O3. The number of nitrogens with zero attached hydrogens (tertiary/aromatic N) is 2. The van der Waals surface area contributed by atoms with Gasteiger partial charge in [-0.3, -0.25) is 0 Å². The van der Waals surface area contributed by atoms with Crippen LogP contribution in [0.3, 0.4) is 0 Å². The molecule has 0 saturated carbocycles. The van der Waals surface area contributed by atoms with Crippen LogP contribution in [0.15, 0.2) is 36.5 Å². The Morgan fingerprint density at radius 2 is 2.20 bits per heavy atom. The minimum atomic E-state index is -0.716. The van der Waals surface area contributed by atoms with Gasteiger partial charge in [0.25, 0.3) is 0 Å². The maximum atomic E-state index is 13.7. The molecule has 1 aromatic carbocycles. The van der Waals surface area contributed by atoms with Crippen LogP contribution >= 0.6 is 0 Å². The Balaban J connectivity index is 1.86. The van der Waals surface area contributed by atoms with Crippen molar-refractivity contribution in [1.82, 2.24) is 9.88 Å². The van der Waals surface area contributed by atoms with Gasteiger partial charge in [-0.1, -0.05) is 0 Å². The predicted octanol–water partition coefficient (Wildman–Crippen LogP) is 3.43. The van der Waals surface area contributed by atoms with Crippen LogP contribution in [0, 0.1) is 5.95 Å². The molecule has 7 heteroatoms. The van der Waals surface area contributed by atoms with Crippen LogP contribution < -0.4 is 14.8 Å². The number of aromatic nitrogens is 1. The van der Waals surface area contributed by atoms with Gasteiger partial charge in [-0.25, -0.2) is 9.78 Å². The quantitative estimate of drug-likeness (QED) is 0.847. The van der Waals surface area contributed by atoms with E-state index in [4.69, 9.17) is 9.47 Å². The molecule has 1 aliphatic heterocycles. The third-order valence-corrected chi connectivity index (χ3v) is 3.88. The van der Waals surface area contributed by atoms with Crippen molar-refractivity contribution >= 4 is 11.7 Å². The number of nitrogens with one attached hydrogen (secondary N) is 1. The number of hydrogen-bond donors (Lipinski definition) is 1. The molecule has 2 amide bonds. The summed E-state index contributed by atoms with van der Waals surface area (Å²) < 4.78 is 25.0. The largest absolute Gasteiger partial charge is 0.497 e. The lowest BCUT2D eigenvalue weighted by Gasteiger charge is -2.29. The molecule has 0 atom stereocenters. The first-order valence-electron chi connectivity index (χ1n) is 7.90. The molecular weight excluding hydrogens is 325 g/mol. The number of hydrogen-bond acceptors (Lipinski definition) is 4. The summed E-state index contributed by atoms with van der Waals surface area (Å²) >= 11 is 0. The molecule has 2 aromatic rings. The van der Waals surface area contributed by atoms with Gasteiger partial charge in [-0.15, -0.1) is 0 Å². The Morgan fingerprint density at radius 1 is 1.40 bits per heavy atom. The molecule has 3 rings (SSSR count). The van der Waals surface area contributed by atoms with E-state index in [1.165, 1.54) is 12.3 Å². The highest BCUT2D eigenvalue weighted by molar-refractivity contribution is 5.89. The molecule has 132 valence electrons. The predicted molar refractivity (Wildman–Crippen MR) is 91.3 cm³/mol. The number of pyridine rings is 1. The van der Waals surface area contributed by atoms with Crippen molar-refractivity contribution < 1.29 is 18.7 Å². The Morgan fingerprint density at radius 3 is 2.92 bits per heavy atom. The number of benzene rings is 1. The lowest BCUT2D eigenvalue weighted by molar-refractivity contribution is 0.0833. The zero-order chi connectivity index (χ0) is 18.0. The van der Waals surface area contributed by atoms with Crippen molar-refractivity contribution in [3.05, 3.63) is 48.0 Å². The summed E-state index contributed by atoms with van der Waals surface area (Å²) in [5, 5.41) is 2.57. The zero-order valence-electron chi connectivity index (χ0n) is 14.4. The SMILES string of the molecule is COc1ccc2c(c1)OC(C)(C)CN(C(=O)Nc1cccnc1F)C2. The molecule has 6 nitrogen and oxygen atoms in total. The van der Waals surface area contributed by atoms with Crippen LogP contribution in [0.2, 0.25) is 0 Å². The van der Waals surface area contributed by atoms with Gasteiger partial charge < -0.3 is 19.7 Å². The number of halogens is 1. The molecule has 1 N–H and O–H groups in total. The number of urea groups is 1. The van der Waals surface area contributed by atoms with Gasteiger partial charge in [0.15, 0.2) is 0 Å². The molecule has 0 spiro atoms. The second-order valence-corrected chi connectivity index (χ2v) is 6.46. The molecule has 0 fully saturated rings. The van der Waals surface area contributed by atoms with Crippen LogP contribution in [-0.2, 0) is 6.54 Å². The average Bonchev–Trinajstić information content (AvgIpc) is 2.70. The first kappa shape index (κ1) is 17.0. The number of methoxy groups -OCH3 is 1. The number of carbonyl (C=O) groups excluding carboxylic acids is 1. The Hall–Kier alpha value is -2.83. The maximum Gasteiger partial charge on any atom is 0.322 e. The molecule has 1 aromatic heterocycles. The van der Waals surface area contributed by atoms with E-state index in [9.17, 15) is 9.18 Å². The van der Waals surface area contributed by atoms with Crippen molar-refractivity contribution in [3.63, 3.8) is 0 Å². The minimum absolute atomic E-state index is 0.0467. The molecule has 2 heterocycles. The van der Waals surface area contributed by atoms with Crippen molar-refractivity contribution in [2.24, 2.45) is 0 Å². The number of amides is 2. The van der Waals surface area contributed by atoms with E-state index in [1.807, 2.05) is 26.0 Å². The normalized spacial score (nSPS) is 15.6. The third-order valence-electron chi connectivity index (χ3n) is 3.88. The smallest absolute Gasteiger partial charge is 0.322 e. The van der Waals surface area contributed by atoms with Crippen LogP contribution in [0.5, 0.6) is 11.5 Å². The summed E-state index contributed by atoms with van der Waals surface area (Å²) in [4.78, 5) is 17.8. The average molecular weight is 345 g/mol. The highest BCUT2D eigenvalue weighted by Gasteiger charge is 2.32. The molecule has 0 unspecified atom stereocenters. The Bertz CT molecular complexity index is 795. The number of anilines is 1. The van der Waals surface area contributed by atoms with Crippen molar-refractivity contribution in [2.45, 2.75) is 26.0 Å². The van der Waals surface area contributed by atoms with Gasteiger partial charge in [-0.05, 0) is 38.1 Å². The topological polar surface area (TPSA) is 63.7 Å². The lowest BCUT2D eigenvalue weighted by Crippen LogP contribution is -2.44. The number of fused-ring (bicyclic) bond motifs is 1. The van der Waals surface area contributed by atoms with Crippen LogP contribution in [0.1, 0.15) is 19.4 Å². The number of rotatable bonds is 2. The molecule has 0 aliphatic carbocycles. The summed E-state index contributed by atoms with van der Waals surface area (Å²) in [6.07, 6.45) is 1.33. The second kappa shape index (κ2) is 6.58. The first-order valence-corrected chi connectivity index (χ1v) is 7.90. The van der Waals surface area contributed by atoms with Gasteiger partial charge in [0.05, 0.1) is 25.9 Å². The Kier molecular flexibility index (Phi) is 4.48. The van der Waals surface area contributed by atoms with Gasteiger partial charge in [0.1, 0.15) is 17.1 Å². The van der Waals surface area contributed by atoms with Gasteiger partial charge in [0, 0.05) is 17.8 Å². The van der Waals surface area contributed by atoms with Gasteiger partial charge in [0.2, 0.25) is 5.95 Å². The summed E-state index contributed by atoms with van der Waals surface area (Å²) in [6.45, 7) is 4.48. The zero-order valence-corrected chi connectivity index (χ0v) is 14.4. The lowest BCUT2D eigenvalue weighted by atomic mass is 10.1. The van der Waals surface area contributed by atoms with Crippen molar-refractivity contribution in [2.75, 3.05) is 19.0 Å². The molecule has 0 bridgehead atoms. The molecule has 25 heavy (non-hydrogen) atoms. The fourth-order valence-corrected chi connectivity index (χ4v) is 2.76. The van der Waals surface area contributed by atoms with Crippen LogP contribution in [0.25, 0.3) is 0 Å². The number of ether oxygens (including phenoxy) is 2. The van der Waals surface area contributed by atoms with E-state index in [-0.39, 0.29) is 5.69 Å². The molecule has 0 radical (unpaired) electrons. The first-order chi connectivity index (χ1) is 11.9. The summed E-state index contributed by atoms with van der Waals surface area (Å²) in [5.74, 6) is 0.642. The fourth-order valence-electron chi connectivity index (χ4n) is 2.76. The van der Waals surface area contributed by atoms with Crippen molar-refractivity contribution in [1.29, 1.82) is 0 Å². The van der Waals surface area contributed by atoms with E-state index in [0.29, 0.717) is 24.6 Å². The second-order valence-electron chi connectivity index (χ2n) is 6.46. The third kappa shape index (κ3) is 3.81. The fraction of sp³-hybridized carbons (Fsp3) is 0.333. The van der Waals surface area contributed by atoms with E-state index >= 15 is 0 Å². The number of carbonyl (C=O) groups is 1. The summed E-state index contributed by atoms with van der Waals surface area (Å²) in [6, 6.07) is 8.11. The summed E-state index contributed by atoms with van der Waals surface area (Å²) in [5.41, 5.74) is 0.293. The monoisotopic (exact) mass is 345 g/mol. The van der Waals surface area contributed by atoms with Gasteiger partial charge >= 0.3 is 6.03 Å². The Labute approximate surface area is 145 Å². The van der Waals surface area contributed by atoms with E-state index < -0.39 is 17.6 Å². The van der Waals surface area contributed by atoms with Crippen LogP contribution in [-0.4, -0.2) is 35.2 Å². The standard InChI is InChI=1S/C18H20FN3O3/c1-18(2)11-22(17(23)21-14-5-4-8-20-16(14)19)10-12-6-7-13(24-3)9-15(12)25-18/h4-9H,10-11H2,1-3H3,(H,21,23). The molecule has 0 saturated heterocycles. The molecule has 1 aliphatic rings. The highest BCUT2D eigenvalue weighted by Crippen LogP contribution is 2.32. The minimum Gasteiger partial charge on any atom is -0.497 e. The highest BCUT2D eigenvalue weighted by atomic mass is 19.1. The summed E-state index contributed by atoms with van der Waals surface area (Å²) in [7, 11) is 1.59. The maximum absolute atomic E-state index is 13.7. The van der Waals surface area contributed by atoms with E-state index in [2.05, 4.69) is 10.3 Å². The van der Waals surface area contributed by atoms with Crippen LogP contribution in [0.4, 0.5) is 14.9 Å². The van der Waals surface area contributed by atoms with Crippen molar-refractivity contribution in [3.8, 4) is 11.5 Å². The van der Waals surface area contributed by atoms with Gasteiger partial charge in [-0.2, -0.15) is 4.39 Å². The van der Waals surface area contributed by atoms with E-state index in [1.54, 1.807) is 24.1 Å².